The molecule has 248 valence electrons. The van der Waals surface area contributed by atoms with Crippen molar-refractivity contribution in [3.63, 3.8) is 0 Å². The summed E-state index contributed by atoms with van der Waals surface area (Å²) in [6.07, 6.45) is 0. The van der Waals surface area contributed by atoms with Crippen LogP contribution in [-0.4, -0.2) is 9.97 Å². The highest BCUT2D eigenvalue weighted by atomic mass is 14.9. The number of hydrogen-bond donors (Lipinski definition) is 0. The second-order valence-corrected chi connectivity index (χ2v) is 13.7. The molecule has 1 heterocycles. The molecule has 8 aromatic carbocycles. The van der Waals surface area contributed by atoms with Crippen molar-refractivity contribution >= 4 is 10.8 Å². The van der Waals surface area contributed by atoms with Crippen LogP contribution in [0.5, 0.6) is 0 Å². The Morgan fingerprint density at radius 1 is 0.321 bits per heavy atom. The Bertz CT molecular complexity index is 2660. The lowest BCUT2D eigenvalue weighted by molar-refractivity contribution is 0.768. The summed E-state index contributed by atoms with van der Waals surface area (Å²) >= 11 is 0. The number of benzene rings is 8. The van der Waals surface area contributed by atoms with Crippen molar-refractivity contribution in [1.82, 2.24) is 9.97 Å². The van der Waals surface area contributed by atoms with Crippen LogP contribution in [0.3, 0.4) is 0 Å². The van der Waals surface area contributed by atoms with E-state index in [4.69, 9.17) is 9.97 Å². The fourth-order valence-corrected chi connectivity index (χ4v) is 8.53. The van der Waals surface area contributed by atoms with E-state index in [1.54, 1.807) is 0 Å². The van der Waals surface area contributed by atoms with Gasteiger partial charge in [0.1, 0.15) is 0 Å². The first-order chi connectivity index (χ1) is 26.3. The van der Waals surface area contributed by atoms with Gasteiger partial charge >= 0.3 is 0 Å². The standard InChI is InChI=1S/C51H34N2/c1-5-18-35(19-6-1)47-34-48(36-20-7-2-8-21-36)53-50(52-47)43-33-32-41(39-26-13-14-27-40(39)43)42-29-17-31-46-49(42)44-28-15-16-30-45(44)51(46,37-22-9-3-10-23-37)38-24-11-4-12-25-38/h1-34H. The normalized spacial score (nSPS) is 12.7. The number of fused-ring (bicyclic) bond motifs is 4. The lowest BCUT2D eigenvalue weighted by Crippen LogP contribution is -2.28. The Hall–Kier alpha value is -6.90. The lowest BCUT2D eigenvalue weighted by atomic mass is 9.67. The first kappa shape index (κ1) is 30.9. The van der Waals surface area contributed by atoms with Gasteiger partial charge in [0.25, 0.3) is 0 Å². The Kier molecular flexibility index (Phi) is 7.40. The van der Waals surface area contributed by atoms with Crippen LogP contribution >= 0.6 is 0 Å². The van der Waals surface area contributed by atoms with Crippen LogP contribution in [0.25, 0.3) is 66.9 Å². The van der Waals surface area contributed by atoms with Gasteiger partial charge in [0.2, 0.25) is 0 Å². The van der Waals surface area contributed by atoms with Gasteiger partial charge in [0, 0.05) is 16.7 Å². The van der Waals surface area contributed by atoms with E-state index in [9.17, 15) is 0 Å². The lowest BCUT2D eigenvalue weighted by Gasteiger charge is -2.34. The largest absolute Gasteiger partial charge is 0.228 e. The summed E-state index contributed by atoms with van der Waals surface area (Å²) in [5.74, 6) is 0.712. The zero-order chi connectivity index (χ0) is 35.2. The summed E-state index contributed by atoms with van der Waals surface area (Å²) in [4.78, 5) is 10.4. The van der Waals surface area contributed by atoms with Gasteiger partial charge in [-0.1, -0.05) is 194 Å². The Morgan fingerprint density at radius 2 is 0.774 bits per heavy atom. The van der Waals surface area contributed by atoms with Gasteiger partial charge in [0.05, 0.1) is 16.8 Å². The molecule has 9 aromatic rings. The molecule has 0 saturated carbocycles. The molecule has 0 atom stereocenters. The van der Waals surface area contributed by atoms with Crippen molar-refractivity contribution in [2.75, 3.05) is 0 Å². The van der Waals surface area contributed by atoms with E-state index in [2.05, 4.69) is 194 Å². The predicted molar refractivity (Wildman–Crippen MR) is 219 cm³/mol. The monoisotopic (exact) mass is 674 g/mol. The molecule has 53 heavy (non-hydrogen) atoms. The highest BCUT2D eigenvalue weighted by Gasteiger charge is 2.46. The second-order valence-electron chi connectivity index (χ2n) is 13.7. The maximum atomic E-state index is 5.21. The number of nitrogens with zero attached hydrogens (tertiary/aromatic N) is 2. The van der Waals surface area contributed by atoms with Crippen LogP contribution in [-0.2, 0) is 5.41 Å². The molecule has 0 unspecified atom stereocenters. The first-order valence-electron chi connectivity index (χ1n) is 18.2. The molecule has 0 spiro atoms. The molecule has 0 amide bonds. The minimum atomic E-state index is -0.459. The van der Waals surface area contributed by atoms with E-state index in [1.165, 1.54) is 49.9 Å². The molecule has 0 saturated heterocycles. The van der Waals surface area contributed by atoms with Crippen molar-refractivity contribution in [2.24, 2.45) is 0 Å². The van der Waals surface area contributed by atoms with Crippen LogP contribution in [0, 0.1) is 0 Å². The van der Waals surface area contributed by atoms with Gasteiger partial charge in [0.15, 0.2) is 5.82 Å². The molecule has 1 aromatic heterocycles. The van der Waals surface area contributed by atoms with Gasteiger partial charge < -0.3 is 0 Å². The average molecular weight is 675 g/mol. The second kappa shape index (κ2) is 12.7. The smallest absolute Gasteiger partial charge is 0.161 e. The zero-order valence-electron chi connectivity index (χ0n) is 29.0. The average Bonchev–Trinajstić information content (AvgIpc) is 3.56. The van der Waals surface area contributed by atoms with Gasteiger partial charge in [-0.15, -0.1) is 0 Å². The summed E-state index contributed by atoms with van der Waals surface area (Å²) < 4.78 is 0. The van der Waals surface area contributed by atoms with E-state index >= 15 is 0 Å². The van der Waals surface area contributed by atoms with E-state index in [-0.39, 0.29) is 0 Å². The Labute approximate surface area is 309 Å². The molecule has 1 aliphatic carbocycles. The van der Waals surface area contributed by atoms with Crippen LogP contribution in [0.1, 0.15) is 22.3 Å². The summed E-state index contributed by atoms with van der Waals surface area (Å²) in [5.41, 5.74) is 14.6. The topological polar surface area (TPSA) is 25.8 Å². The van der Waals surface area contributed by atoms with Crippen molar-refractivity contribution in [1.29, 1.82) is 0 Å². The van der Waals surface area contributed by atoms with Crippen LogP contribution in [0.4, 0.5) is 0 Å². The minimum Gasteiger partial charge on any atom is -0.228 e. The van der Waals surface area contributed by atoms with Gasteiger partial charge in [-0.05, 0) is 67.4 Å². The molecule has 1 aliphatic rings. The van der Waals surface area contributed by atoms with Crippen molar-refractivity contribution in [3.8, 4) is 56.2 Å². The molecule has 2 heteroatoms. The third-order valence-electron chi connectivity index (χ3n) is 10.8. The van der Waals surface area contributed by atoms with E-state index in [1.807, 2.05) is 12.1 Å². The summed E-state index contributed by atoms with van der Waals surface area (Å²) in [6, 6.07) is 73.9. The molecule has 0 bridgehead atoms. The summed E-state index contributed by atoms with van der Waals surface area (Å²) in [7, 11) is 0. The third-order valence-corrected chi connectivity index (χ3v) is 10.8. The molecule has 0 aliphatic heterocycles. The number of aromatic nitrogens is 2. The van der Waals surface area contributed by atoms with E-state index < -0.39 is 5.41 Å². The first-order valence-corrected chi connectivity index (χ1v) is 18.2. The van der Waals surface area contributed by atoms with Crippen molar-refractivity contribution in [2.45, 2.75) is 5.41 Å². The van der Waals surface area contributed by atoms with Crippen LogP contribution < -0.4 is 0 Å². The minimum absolute atomic E-state index is 0.459. The van der Waals surface area contributed by atoms with Gasteiger partial charge in [-0.2, -0.15) is 0 Å². The molecular weight excluding hydrogens is 641 g/mol. The fraction of sp³-hybridized carbons (Fsp3) is 0.0196. The Balaban J connectivity index is 1.22. The van der Waals surface area contributed by atoms with Crippen LogP contribution in [0.2, 0.25) is 0 Å². The maximum Gasteiger partial charge on any atom is 0.161 e. The van der Waals surface area contributed by atoms with E-state index in [0.29, 0.717) is 5.82 Å². The molecule has 0 fully saturated rings. The highest BCUT2D eigenvalue weighted by Crippen LogP contribution is 2.58. The predicted octanol–water partition coefficient (Wildman–Crippen LogP) is 12.7. The molecule has 2 nitrogen and oxygen atoms in total. The summed E-state index contributed by atoms with van der Waals surface area (Å²) in [6.45, 7) is 0. The SMILES string of the molecule is c1ccc(-c2cc(-c3ccccc3)nc(-c3ccc(-c4cccc5c4-c4ccccc4C5(c4ccccc4)c4ccccc4)c4ccccc34)n2)cc1. The number of hydrogen-bond acceptors (Lipinski definition) is 2. The zero-order valence-corrected chi connectivity index (χ0v) is 29.0. The van der Waals surface area contributed by atoms with Gasteiger partial charge in [-0.3, -0.25) is 0 Å². The molecular formula is C51H34N2. The summed E-state index contributed by atoms with van der Waals surface area (Å²) in [5, 5.41) is 2.29. The maximum absolute atomic E-state index is 5.21. The van der Waals surface area contributed by atoms with Crippen molar-refractivity contribution < 1.29 is 0 Å². The van der Waals surface area contributed by atoms with Gasteiger partial charge in [-0.25, -0.2) is 9.97 Å². The molecule has 0 radical (unpaired) electrons. The number of rotatable bonds is 6. The molecule has 10 rings (SSSR count). The quantitative estimate of drug-likeness (QED) is 0.175. The highest BCUT2D eigenvalue weighted by molar-refractivity contribution is 6.08. The Morgan fingerprint density at radius 3 is 1.38 bits per heavy atom. The van der Waals surface area contributed by atoms with Crippen molar-refractivity contribution in [3.05, 3.63) is 229 Å². The fourth-order valence-electron chi connectivity index (χ4n) is 8.53. The third kappa shape index (κ3) is 4.95. The molecule has 0 N–H and O–H groups in total. The van der Waals surface area contributed by atoms with E-state index in [0.717, 1.165) is 33.5 Å². The van der Waals surface area contributed by atoms with Crippen LogP contribution in [0.15, 0.2) is 206 Å².